The van der Waals surface area contributed by atoms with Crippen LogP contribution in [0.3, 0.4) is 0 Å². The number of amides is 1. The Morgan fingerprint density at radius 1 is 1.30 bits per heavy atom. The SMILES string of the molecule is CCC(C)C(C(=O)N(C)C(C)C(N)=S)c1ccccc1. The van der Waals surface area contributed by atoms with Gasteiger partial charge in [-0.15, -0.1) is 0 Å². The smallest absolute Gasteiger partial charge is 0.230 e. The molecule has 1 aromatic rings. The summed E-state index contributed by atoms with van der Waals surface area (Å²) in [5.74, 6) is 0.194. The third-order valence-corrected chi connectivity index (χ3v) is 4.32. The summed E-state index contributed by atoms with van der Waals surface area (Å²) in [4.78, 5) is 14.8. The molecule has 4 heteroatoms. The van der Waals surface area contributed by atoms with E-state index in [1.165, 1.54) is 0 Å². The molecular weight excluding hydrogens is 268 g/mol. The van der Waals surface area contributed by atoms with E-state index < -0.39 is 0 Å². The van der Waals surface area contributed by atoms with Gasteiger partial charge in [0.05, 0.1) is 16.9 Å². The number of nitrogens with two attached hydrogens (primary N) is 1. The first kappa shape index (κ1) is 16.6. The van der Waals surface area contributed by atoms with E-state index >= 15 is 0 Å². The Labute approximate surface area is 127 Å². The van der Waals surface area contributed by atoms with Crippen LogP contribution in [0.1, 0.15) is 38.7 Å². The van der Waals surface area contributed by atoms with Crippen molar-refractivity contribution < 1.29 is 4.79 Å². The van der Waals surface area contributed by atoms with Gasteiger partial charge in [-0.3, -0.25) is 4.79 Å². The number of hydrogen-bond donors (Lipinski definition) is 1. The van der Waals surface area contributed by atoms with Gasteiger partial charge in [0.15, 0.2) is 0 Å². The first-order chi connectivity index (χ1) is 9.40. The van der Waals surface area contributed by atoms with Crippen molar-refractivity contribution >= 4 is 23.1 Å². The predicted molar refractivity (Wildman–Crippen MR) is 87.7 cm³/mol. The fourth-order valence-corrected chi connectivity index (χ4v) is 2.37. The van der Waals surface area contributed by atoms with Crippen LogP contribution in [0, 0.1) is 5.92 Å². The first-order valence-corrected chi connectivity index (χ1v) is 7.41. The molecule has 1 amide bonds. The topological polar surface area (TPSA) is 46.3 Å². The Balaban J connectivity index is 3.06. The highest BCUT2D eigenvalue weighted by molar-refractivity contribution is 7.80. The highest BCUT2D eigenvalue weighted by Crippen LogP contribution is 2.29. The van der Waals surface area contributed by atoms with Crippen LogP contribution >= 0.6 is 12.2 Å². The molecule has 3 unspecified atom stereocenters. The number of nitrogens with zero attached hydrogens (tertiary/aromatic N) is 1. The zero-order valence-electron chi connectivity index (χ0n) is 12.7. The molecule has 20 heavy (non-hydrogen) atoms. The molecule has 0 spiro atoms. The summed E-state index contributed by atoms with van der Waals surface area (Å²) in [7, 11) is 1.77. The minimum Gasteiger partial charge on any atom is -0.392 e. The van der Waals surface area contributed by atoms with Crippen LogP contribution in [0.15, 0.2) is 30.3 Å². The van der Waals surface area contributed by atoms with E-state index in [0.717, 1.165) is 12.0 Å². The molecule has 0 aliphatic carbocycles. The van der Waals surface area contributed by atoms with Gasteiger partial charge in [-0.2, -0.15) is 0 Å². The summed E-state index contributed by atoms with van der Waals surface area (Å²) in [5.41, 5.74) is 6.71. The van der Waals surface area contributed by atoms with E-state index in [0.29, 0.717) is 4.99 Å². The lowest BCUT2D eigenvalue weighted by Gasteiger charge is -2.31. The third-order valence-electron chi connectivity index (χ3n) is 3.98. The summed E-state index contributed by atoms with van der Waals surface area (Å²) < 4.78 is 0. The van der Waals surface area contributed by atoms with Gasteiger partial charge in [0, 0.05) is 7.05 Å². The average Bonchev–Trinajstić information content (AvgIpc) is 2.46. The summed E-state index contributed by atoms with van der Waals surface area (Å²) in [6.45, 7) is 6.07. The number of carbonyl (C=O) groups is 1. The number of rotatable bonds is 6. The average molecular weight is 292 g/mol. The van der Waals surface area contributed by atoms with Gasteiger partial charge >= 0.3 is 0 Å². The van der Waals surface area contributed by atoms with Crippen molar-refractivity contribution in [3.05, 3.63) is 35.9 Å². The zero-order valence-corrected chi connectivity index (χ0v) is 13.5. The van der Waals surface area contributed by atoms with Gasteiger partial charge in [-0.1, -0.05) is 62.8 Å². The number of benzene rings is 1. The highest BCUT2D eigenvalue weighted by atomic mass is 32.1. The molecule has 0 saturated heterocycles. The minimum absolute atomic E-state index is 0.0749. The van der Waals surface area contributed by atoms with Gasteiger partial charge in [0.1, 0.15) is 0 Å². The lowest BCUT2D eigenvalue weighted by molar-refractivity contribution is -0.133. The van der Waals surface area contributed by atoms with Crippen LogP contribution in [0.25, 0.3) is 0 Å². The first-order valence-electron chi connectivity index (χ1n) is 7.01. The largest absolute Gasteiger partial charge is 0.392 e. The lowest BCUT2D eigenvalue weighted by Crippen LogP contribution is -2.45. The zero-order chi connectivity index (χ0) is 15.3. The molecule has 3 atom stereocenters. The molecule has 0 aliphatic rings. The van der Waals surface area contributed by atoms with Crippen molar-refractivity contribution in [2.75, 3.05) is 7.05 Å². The number of hydrogen-bond acceptors (Lipinski definition) is 2. The van der Waals surface area contributed by atoms with E-state index in [2.05, 4.69) is 13.8 Å². The maximum absolute atomic E-state index is 12.8. The lowest BCUT2D eigenvalue weighted by atomic mass is 9.84. The molecule has 0 aliphatic heterocycles. The molecule has 0 aromatic heterocycles. The number of likely N-dealkylation sites (N-methyl/N-ethyl adjacent to an activating group) is 1. The standard InChI is InChI=1S/C16H24N2OS/c1-5-11(2)14(13-9-7-6-8-10-13)16(19)18(4)12(3)15(17)20/h6-12,14H,5H2,1-4H3,(H2,17,20). The molecule has 0 fully saturated rings. The van der Waals surface area contributed by atoms with Gasteiger partial charge < -0.3 is 10.6 Å². The van der Waals surface area contributed by atoms with E-state index in [-0.39, 0.29) is 23.8 Å². The Kier molecular flexibility index (Phi) is 6.14. The fraction of sp³-hybridized carbons (Fsp3) is 0.500. The van der Waals surface area contributed by atoms with E-state index in [1.807, 2.05) is 37.3 Å². The molecule has 0 radical (unpaired) electrons. The van der Waals surface area contributed by atoms with Crippen LogP contribution < -0.4 is 5.73 Å². The summed E-state index contributed by atoms with van der Waals surface area (Å²) in [5, 5.41) is 0. The van der Waals surface area contributed by atoms with Crippen LogP contribution in [-0.2, 0) is 4.79 Å². The molecule has 2 N–H and O–H groups in total. The van der Waals surface area contributed by atoms with E-state index in [1.54, 1.807) is 11.9 Å². The number of carbonyl (C=O) groups excluding carboxylic acids is 1. The van der Waals surface area contributed by atoms with Gasteiger partial charge in [0.25, 0.3) is 0 Å². The van der Waals surface area contributed by atoms with E-state index in [9.17, 15) is 4.79 Å². The molecule has 0 saturated carbocycles. The Morgan fingerprint density at radius 2 is 1.85 bits per heavy atom. The molecule has 3 nitrogen and oxygen atoms in total. The van der Waals surface area contributed by atoms with Crippen molar-refractivity contribution in [2.45, 2.75) is 39.2 Å². The molecule has 1 aromatic carbocycles. The Morgan fingerprint density at radius 3 is 2.30 bits per heavy atom. The van der Waals surface area contributed by atoms with Crippen LogP contribution in [0.5, 0.6) is 0 Å². The highest BCUT2D eigenvalue weighted by Gasteiger charge is 2.30. The molecule has 1 rings (SSSR count). The third kappa shape index (κ3) is 3.79. The minimum atomic E-state index is -0.229. The maximum atomic E-state index is 12.8. The summed E-state index contributed by atoms with van der Waals surface area (Å²) in [6.07, 6.45) is 0.945. The van der Waals surface area contributed by atoms with Crippen molar-refractivity contribution in [1.82, 2.24) is 4.90 Å². The monoisotopic (exact) mass is 292 g/mol. The normalized spacial score (nSPS) is 15.2. The Bertz CT molecular complexity index is 461. The number of thiocarbonyl (C=S) groups is 1. The van der Waals surface area contributed by atoms with Gasteiger partial charge in [-0.25, -0.2) is 0 Å². The molecular formula is C16H24N2OS. The second-order valence-electron chi connectivity index (χ2n) is 5.30. The molecule has 0 bridgehead atoms. The predicted octanol–water partition coefficient (Wildman–Crippen LogP) is 2.95. The second kappa shape index (κ2) is 7.39. The van der Waals surface area contributed by atoms with Crippen LogP contribution in [0.2, 0.25) is 0 Å². The van der Waals surface area contributed by atoms with Crippen molar-refractivity contribution in [3.63, 3.8) is 0 Å². The van der Waals surface area contributed by atoms with Crippen molar-refractivity contribution in [1.29, 1.82) is 0 Å². The fourth-order valence-electron chi connectivity index (χ4n) is 2.21. The molecule has 110 valence electrons. The van der Waals surface area contributed by atoms with Crippen molar-refractivity contribution in [2.24, 2.45) is 11.7 Å². The van der Waals surface area contributed by atoms with Gasteiger partial charge in [-0.05, 0) is 18.4 Å². The van der Waals surface area contributed by atoms with Crippen LogP contribution in [0.4, 0.5) is 0 Å². The second-order valence-corrected chi connectivity index (χ2v) is 5.77. The van der Waals surface area contributed by atoms with E-state index in [4.69, 9.17) is 18.0 Å². The van der Waals surface area contributed by atoms with Crippen LogP contribution in [-0.4, -0.2) is 28.9 Å². The Hall–Kier alpha value is -1.42. The summed E-state index contributed by atoms with van der Waals surface area (Å²) in [6, 6.07) is 9.68. The van der Waals surface area contributed by atoms with Crippen molar-refractivity contribution in [3.8, 4) is 0 Å². The quantitative estimate of drug-likeness (QED) is 0.820. The maximum Gasteiger partial charge on any atom is 0.230 e. The summed E-state index contributed by atoms with van der Waals surface area (Å²) >= 11 is 4.99. The molecule has 0 heterocycles. The van der Waals surface area contributed by atoms with Gasteiger partial charge in [0.2, 0.25) is 5.91 Å².